The summed E-state index contributed by atoms with van der Waals surface area (Å²) in [6.07, 6.45) is 12.4. The van der Waals surface area contributed by atoms with Crippen LogP contribution in [0.2, 0.25) is 0 Å². The molecule has 0 aromatic carbocycles. The molecule has 6 atom stereocenters. The minimum atomic E-state index is -0.748. The highest BCUT2D eigenvalue weighted by atomic mass is 16.7. The molecule has 0 saturated heterocycles. The molecule has 0 aromatic heterocycles. The number of hydrogen-bond acceptors (Lipinski definition) is 11. The fourth-order valence-electron chi connectivity index (χ4n) is 3.54. The quantitative estimate of drug-likeness (QED) is 0.297. The summed E-state index contributed by atoms with van der Waals surface area (Å²) < 4.78 is 31.0. The summed E-state index contributed by atoms with van der Waals surface area (Å²) in [6.45, 7) is 7.20. The fraction of sp³-hybridized carbons (Fsp3) is 0.600. The second-order valence-electron chi connectivity index (χ2n) is 9.82. The lowest BCUT2D eigenvalue weighted by Crippen LogP contribution is -2.19. The molecule has 1 N–H and O–H groups in total. The minimum absolute atomic E-state index is 0.122. The van der Waals surface area contributed by atoms with Crippen molar-refractivity contribution in [3.63, 3.8) is 0 Å². The number of carbonyl (C=O) groups excluding carboxylic acids is 4. The number of esters is 4. The minimum Gasteiger partial charge on any atom is -0.460 e. The van der Waals surface area contributed by atoms with Crippen molar-refractivity contribution in [1.82, 2.24) is 0 Å². The summed E-state index contributed by atoms with van der Waals surface area (Å²) in [6, 6.07) is 0. The van der Waals surface area contributed by atoms with Crippen molar-refractivity contribution in [2.45, 2.75) is 103 Å². The molecule has 0 aliphatic carbocycles. The molecule has 0 saturated carbocycles. The zero-order valence-electron chi connectivity index (χ0n) is 24.6. The summed E-state index contributed by atoms with van der Waals surface area (Å²) >= 11 is 0. The molecule has 0 fully saturated rings. The number of ether oxygens (including phenoxy) is 6. The Morgan fingerprint density at radius 1 is 0.659 bits per heavy atom. The van der Waals surface area contributed by atoms with Crippen molar-refractivity contribution in [2.75, 3.05) is 13.9 Å². The predicted octanol–water partition coefficient (Wildman–Crippen LogP) is 3.64. The van der Waals surface area contributed by atoms with E-state index in [1.807, 2.05) is 6.92 Å². The van der Waals surface area contributed by atoms with Crippen LogP contribution in [0.4, 0.5) is 0 Å². The van der Waals surface area contributed by atoms with E-state index in [1.54, 1.807) is 39.0 Å². The molecular formula is C30H44O11. The van der Waals surface area contributed by atoms with Crippen molar-refractivity contribution in [2.24, 2.45) is 0 Å². The average molecular weight is 581 g/mol. The Bertz CT molecular complexity index is 937. The van der Waals surface area contributed by atoms with Gasteiger partial charge in [-0.2, -0.15) is 0 Å². The lowest BCUT2D eigenvalue weighted by Gasteiger charge is -2.17. The Labute approximate surface area is 242 Å². The van der Waals surface area contributed by atoms with Gasteiger partial charge in [0.2, 0.25) is 0 Å². The molecule has 11 nitrogen and oxygen atoms in total. The van der Waals surface area contributed by atoms with Gasteiger partial charge < -0.3 is 33.5 Å². The van der Waals surface area contributed by atoms with E-state index in [4.69, 9.17) is 28.4 Å². The molecule has 2 aliphatic rings. The van der Waals surface area contributed by atoms with Gasteiger partial charge in [-0.15, -0.1) is 0 Å². The van der Waals surface area contributed by atoms with Crippen LogP contribution in [0.25, 0.3) is 0 Å². The van der Waals surface area contributed by atoms with Gasteiger partial charge in [-0.05, 0) is 65.5 Å². The first-order valence-electron chi connectivity index (χ1n) is 13.8. The van der Waals surface area contributed by atoms with Crippen LogP contribution in [0.3, 0.4) is 0 Å². The lowest BCUT2D eigenvalue weighted by molar-refractivity contribution is -0.144. The van der Waals surface area contributed by atoms with Gasteiger partial charge in [0.25, 0.3) is 0 Å². The molecule has 2 rings (SSSR count). The van der Waals surface area contributed by atoms with E-state index >= 15 is 0 Å². The first-order chi connectivity index (χ1) is 19.5. The van der Waals surface area contributed by atoms with E-state index in [9.17, 15) is 24.3 Å². The topological polar surface area (TPSA) is 144 Å². The lowest BCUT2D eigenvalue weighted by atomic mass is 10.1. The fourth-order valence-corrected chi connectivity index (χ4v) is 3.54. The standard InChI is InChI=1S/C16H24O6.C14H20O5/c1-12-5-4-6-15(17)22-13(2)7-8-14(20-11-19-3)9-10-16(18)21-12;1-10-4-3-5-13(16)19-11(2)6-7-12(15)8-9-14(17)18-10/h4,6,9-10,12-14H,5,7-8,11H2,1-3H3;3,5,8-12,15H,4,6-7H2,1-2H3/b6-4+,10-9+;5-3+,9-8+/t12-,13-,14-;10-,11-,12-/m11/s1. The van der Waals surface area contributed by atoms with Gasteiger partial charge in [-0.25, -0.2) is 19.2 Å². The number of methoxy groups -OCH3 is 1. The molecule has 2 heterocycles. The SMILES string of the molecule is COCO[C@H]1/C=C/C(=O)O[C@H](C)C/C=C/C(=O)O[C@H](C)CC1.C[C@@H]1C/C=C/C(=O)O[C@H](C)CC[C@@H](O)/C=C/C(=O)O1. The maximum absolute atomic E-state index is 11.7. The molecule has 2 aliphatic heterocycles. The van der Waals surface area contributed by atoms with Crippen LogP contribution < -0.4 is 0 Å². The molecule has 0 bridgehead atoms. The highest BCUT2D eigenvalue weighted by molar-refractivity contribution is 5.83. The zero-order chi connectivity index (χ0) is 30.6. The van der Waals surface area contributed by atoms with E-state index in [0.29, 0.717) is 38.5 Å². The highest BCUT2D eigenvalue weighted by Gasteiger charge is 2.15. The summed E-state index contributed by atoms with van der Waals surface area (Å²) in [5, 5.41) is 9.64. The molecule has 0 amide bonds. The second-order valence-corrected chi connectivity index (χ2v) is 9.82. The summed E-state index contributed by atoms with van der Waals surface area (Å²) in [5.74, 6) is -1.74. The van der Waals surface area contributed by atoms with Crippen molar-refractivity contribution < 1.29 is 52.7 Å². The number of hydrogen-bond donors (Lipinski definition) is 1. The van der Waals surface area contributed by atoms with E-state index in [2.05, 4.69) is 0 Å². The number of carbonyl (C=O) groups is 4. The number of aliphatic hydroxyl groups excluding tert-OH is 1. The summed E-state index contributed by atoms with van der Waals surface area (Å²) in [7, 11) is 1.53. The van der Waals surface area contributed by atoms with Crippen molar-refractivity contribution in [1.29, 1.82) is 0 Å². The molecule has 0 aromatic rings. The van der Waals surface area contributed by atoms with Crippen LogP contribution in [-0.2, 0) is 47.6 Å². The summed E-state index contributed by atoms with van der Waals surface area (Å²) in [4.78, 5) is 46.1. The first kappa shape index (κ1) is 35.7. The molecule has 0 spiro atoms. The Kier molecular flexibility index (Phi) is 17.9. The number of cyclic esters (lactones) is 4. The van der Waals surface area contributed by atoms with Crippen LogP contribution in [0.15, 0.2) is 48.6 Å². The van der Waals surface area contributed by atoms with Gasteiger partial charge in [0, 0.05) is 44.3 Å². The normalized spacial score (nSPS) is 32.1. The third kappa shape index (κ3) is 18.6. The van der Waals surface area contributed by atoms with Crippen molar-refractivity contribution in [3.8, 4) is 0 Å². The second kappa shape index (κ2) is 20.6. The maximum Gasteiger partial charge on any atom is 0.330 e. The van der Waals surface area contributed by atoms with Crippen LogP contribution in [0.1, 0.15) is 66.2 Å². The third-order valence-electron chi connectivity index (χ3n) is 5.74. The van der Waals surface area contributed by atoms with Gasteiger partial charge in [0.1, 0.15) is 19.0 Å². The summed E-state index contributed by atoms with van der Waals surface area (Å²) in [5.41, 5.74) is 0. The van der Waals surface area contributed by atoms with Crippen LogP contribution in [0.5, 0.6) is 0 Å². The third-order valence-corrected chi connectivity index (χ3v) is 5.74. The zero-order valence-corrected chi connectivity index (χ0v) is 24.6. The Morgan fingerprint density at radius 3 is 1.61 bits per heavy atom. The van der Waals surface area contributed by atoms with Crippen molar-refractivity contribution in [3.05, 3.63) is 48.6 Å². The number of aliphatic hydroxyl groups is 1. The van der Waals surface area contributed by atoms with Crippen LogP contribution in [-0.4, -0.2) is 79.5 Å². The molecule has 230 valence electrons. The molecular weight excluding hydrogens is 536 g/mol. The van der Waals surface area contributed by atoms with Gasteiger partial charge in [-0.3, -0.25) is 0 Å². The first-order valence-corrected chi connectivity index (χ1v) is 13.8. The van der Waals surface area contributed by atoms with Gasteiger partial charge in [0.05, 0.1) is 24.4 Å². The Morgan fingerprint density at radius 2 is 1.10 bits per heavy atom. The van der Waals surface area contributed by atoms with Gasteiger partial charge in [0.15, 0.2) is 0 Å². The van der Waals surface area contributed by atoms with E-state index in [-0.39, 0.29) is 37.3 Å². The smallest absolute Gasteiger partial charge is 0.330 e. The van der Waals surface area contributed by atoms with E-state index in [0.717, 1.165) is 0 Å². The van der Waals surface area contributed by atoms with Crippen LogP contribution >= 0.6 is 0 Å². The largest absolute Gasteiger partial charge is 0.460 e. The molecule has 41 heavy (non-hydrogen) atoms. The Balaban J connectivity index is 0.000000414. The van der Waals surface area contributed by atoms with Crippen LogP contribution in [0, 0.1) is 0 Å². The van der Waals surface area contributed by atoms with E-state index in [1.165, 1.54) is 37.5 Å². The molecule has 0 unspecified atom stereocenters. The number of rotatable bonds is 3. The molecule has 11 heteroatoms. The highest BCUT2D eigenvalue weighted by Crippen LogP contribution is 2.12. The van der Waals surface area contributed by atoms with Gasteiger partial charge >= 0.3 is 23.9 Å². The predicted molar refractivity (Wildman–Crippen MR) is 149 cm³/mol. The molecule has 0 radical (unpaired) electrons. The van der Waals surface area contributed by atoms with Crippen molar-refractivity contribution >= 4 is 23.9 Å². The maximum atomic E-state index is 11.7. The van der Waals surface area contributed by atoms with E-state index < -0.39 is 30.0 Å². The van der Waals surface area contributed by atoms with Gasteiger partial charge in [-0.1, -0.05) is 12.2 Å². The monoisotopic (exact) mass is 580 g/mol. The average Bonchev–Trinajstić information content (AvgIpc) is 2.89. The Hall–Kier alpha value is -3.28.